The normalized spacial score (nSPS) is 11.0. The Bertz CT molecular complexity index is 1240. The molecule has 0 saturated heterocycles. The molecular weight excluding hydrogens is 366 g/mol. The number of para-hydroxylation sites is 1. The van der Waals surface area contributed by atoms with Crippen LogP contribution in [0.1, 0.15) is 32.7 Å². The first kappa shape index (κ1) is 18.6. The molecule has 0 atom stereocenters. The van der Waals surface area contributed by atoms with Crippen molar-refractivity contribution >= 4 is 16.9 Å². The van der Waals surface area contributed by atoms with Gasteiger partial charge in [-0.3, -0.25) is 9.59 Å². The van der Waals surface area contributed by atoms with E-state index < -0.39 is 0 Å². The maximum Gasteiger partial charge on any atom is 0.253 e. The summed E-state index contributed by atoms with van der Waals surface area (Å²) in [4.78, 5) is 27.3. The smallest absolute Gasteiger partial charge is 0.253 e. The van der Waals surface area contributed by atoms with Crippen molar-refractivity contribution in [1.29, 1.82) is 0 Å². The van der Waals surface area contributed by atoms with Crippen LogP contribution in [0.3, 0.4) is 0 Å². The van der Waals surface area contributed by atoms with E-state index in [2.05, 4.69) is 20.6 Å². The van der Waals surface area contributed by atoms with Crippen LogP contribution in [0.5, 0.6) is 0 Å². The minimum Gasteiger partial charge on any atom is -0.348 e. The number of hydrogen-bond acceptors (Lipinski definition) is 4. The largest absolute Gasteiger partial charge is 0.348 e. The second kappa shape index (κ2) is 7.71. The fourth-order valence-electron chi connectivity index (χ4n) is 3.34. The number of H-pyrrole nitrogens is 1. The first-order valence-corrected chi connectivity index (χ1v) is 9.36. The lowest BCUT2D eigenvalue weighted by Crippen LogP contribution is -2.27. The monoisotopic (exact) mass is 387 g/mol. The van der Waals surface area contributed by atoms with Crippen LogP contribution in [0.15, 0.2) is 59.4 Å². The molecule has 0 bridgehead atoms. The molecule has 0 fully saturated rings. The molecule has 0 aliphatic rings. The Balaban J connectivity index is 1.44. The summed E-state index contributed by atoms with van der Waals surface area (Å²) in [6, 6.07) is 17.0. The minimum atomic E-state index is -0.220. The lowest BCUT2D eigenvalue weighted by molar-refractivity contribution is 0.0950. The quantitative estimate of drug-likeness (QED) is 0.551. The third-order valence-electron chi connectivity index (χ3n) is 4.89. The molecule has 4 rings (SSSR count). The van der Waals surface area contributed by atoms with Crippen molar-refractivity contribution < 1.29 is 4.79 Å². The number of aryl methyl sites for hydroxylation is 2. The summed E-state index contributed by atoms with van der Waals surface area (Å²) in [5.74, 6) is -0.220. The number of fused-ring (bicyclic) bond motifs is 1. The third kappa shape index (κ3) is 3.94. The summed E-state index contributed by atoms with van der Waals surface area (Å²) in [7, 11) is 0. The number of carbonyl (C=O) groups excluding carboxylic acids is 1. The van der Waals surface area contributed by atoms with Gasteiger partial charge >= 0.3 is 0 Å². The predicted octanol–water partition coefficient (Wildman–Crippen LogP) is 2.71. The first-order valence-electron chi connectivity index (χ1n) is 9.36. The van der Waals surface area contributed by atoms with Crippen LogP contribution >= 0.6 is 0 Å². The number of hydrogen-bond donors (Lipinski definition) is 2. The number of benzene rings is 2. The van der Waals surface area contributed by atoms with E-state index in [9.17, 15) is 9.59 Å². The topological polar surface area (TPSA) is 92.7 Å². The van der Waals surface area contributed by atoms with Gasteiger partial charge in [0.25, 0.3) is 11.5 Å². The van der Waals surface area contributed by atoms with E-state index in [1.165, 1.54) is 0 Å². The van der Waals surface area contributed by atoms with E-state index in [1.807, 2.05) is 61.0 Å². The Morgan fingerprint density at radius 2 is 1.86 bits per heavy atom. The number of pyridine rings is 1. The fraction of sp³-hybridized carbons (Fsp3) is 0.182. The van der Waals surface area contributed by atoms with Gasteiger partial charge in [0, 0.05) is 23.4 Å². The molecule has 0 aliphatic carbocycles. The molecule has 0 aliphatic heterocycles. The van der Waals surface area contributed by atoms with E-state index >= 15 is 0 Å². The highest BCUT2D eigenvalue weighted by molar-refractivity contribution is 5.94. The van der Waals surface area contributed by atoms with Gasteiger partial charge in [-0.1, -0.05) is 29.5 Å². The molecule has 2 aromatic carbocycles. The molecule has 2 N–H and O–H groups in total. The zero-order valence-electron chi connectivity index (χ0n) is 16.3. The summed E-state index contributed by atoms with van der Waals surface area (Å²) in [6.07, 6.45) is 0. The summed E-state index contributed by atoms with van der Waals surface area (Å²) >= 11 is 0. The van der Waals surface area contributed by atoms with Crippen LogP contribution in [0.4, 0.5) is 0 Å². The zero-order chi connectivity index (χ0) is 20.4. The van der Waals surface area contributed by atoms with Crippen LogP contribution < -0.4 is 10.9 Å². The van der Waals surface area contributed by atoms with Crippen LogP contribution in [-0.4, -0.2) is 25.9 Å². The van der Waals surface area contributed by atoms with Crippen LogP contribution in [0.2, 0.25) is 0 Å². The van der Waals surface area contributed by atoms with Gasteiger partial charge in [-0.25, -0.2) is 4.68 Å². The summed E-state index contributed by atoms with van der Waals surface area (Å²) in [5.41, 5.74) is 5.44. The van der Waals surface area contributed by atoms with Gasteiger partial charge in [0.15, 0.2) is 0 Å². The Morgan fingerprint density at radius 3 is 2.62 bits per heavy atom. The average Bonchev–Trinajstić information content (AvgIpc) is 3.10. The van der Waals surface area contributed by atoms with E-state index in [4.69, 9.17) is 0 Å². The van der Waals surface area contributed by atoms with Gasteiger partial charge in [-0.15, -0.1) is 5.10 Å². The van der Waals surface area contributed by atoms with Crippen molar-refractivity contribution in [3.05, 3.63) is 92.9 Å². The van der Waals surface area contributed by atoms with E-state index in [0.717, 1.165) is 27.9 Å². The predicted molar refractivity (Wildman–Crippen MR) is 111 cm³/mol. The molecule has 0 radical (unpaired) electrons. The third-order valence-corrected chi connectivity index (χ3v) is 4.89. The van der Waals surface area contributed by atoms with Crippen LogP contribution in [-0.2, 0) is 13.1 Å². The fourth-order valence-corrected chi connectivity index (χ4v) is 3.34. The Hall–Kier alpha value is -3.74. The minimum absolute atomic E-state index is 0.168. The van der Waals surface area contributed by atoms with Gasteiger partial charge < -0.3 is 10.3 Å². The molecule has 7 nitrogen and oxygen atoms in total. The van der Waals surface area contributed by atoms with E-state index in [0.29, 0.717) is 17.7 Å². The van der Waals surface area contributed by atoms with Gasteiger partial charge in [-0.05, 0) is 55.3 Å². The second-order valence-electron chi connectivity index (χ2n) is 7.06. The molecule has 29 heavy (non-hydrogen) atoms. The van der Waals surface area contributed by atoms with Gasteiger partial charge in [0.2, 0.25) is 0 Å². The van der Waals surface area contributed by atoms with Gasteiger partial charge in [-0.2, -0.15) is 0 Å². The highest BCUT2D eigenvalue weighted by Crippen LogP contribution is 2.13. The Labute approximate surface area is 167 Å². The summed E-state index contributed by atoms with van der Waals surface area (Å²) in [6.45, 7) is 4.46. The lowest BCUT2D eigenvalue weighted by Gasteiger charge is -2.09. The molecule has 146 valence electrons. The molecule has 0 unspecified atom stereocenters. The maximum atomic E-state index is 12.5. The SMILES string of the molecule is Cc1cc(C)c(CNC(=O)c2ccc(Cn3nnc4ccccc43)cc2)c(=O)[nH]1. The molecule has 2 aromatic heterocycles. The molecule has 0 saturated carbocycles. The number of nitrogens with zero attached hydrogens (tertiary/aromatic N) is 3. The Morgan fingerprint density at radius 1 is 1.10 bits per heavy atom. The molecule has 1 amide bonds. The highest BCUT2D eigenvalue weighted by Gasteiger charge is 2.10. The Kier molecular flexibility index (Phi) is 4.95. The van der Waals surface area contributed by atoms with Crippen LogP contribution in [0, 0.1) is 13.8 Å². The number of aromatic amines is 1. The van der Waals surface area contributed by atoms with E-state index in [-0.39, 0.29) is 18.0 Å². The number of amides is 1. The van der Waals surface area contributed by atoms with Crippen LogP contribution in [0.25, 0.3) is 11.0 Å². The van der Waals surface area contributed by atoms with Crippen molar-refractivity contribution in [3.8, 4) is 0 Å². The average molecular weight is 387 g/mol. The summed E-state index contributed by atoms with van der Waals surface area (Å²) < 4.78 is 1.83. The highest BCUT2D eigenvalue weighted by atomic mass is 16.1. The molecule has 0 spiro atoms. The van der Waals surface area contributed by atoms with Gasteiger partial charge in [0.05, 0.1) is 12.1 Å². The van der Waals surface area contributed by atoms with E-state index in [1.54, 1.807) is 12.1 Å². The number of rotatable bonds is 5. The lowest BCUT2D eigenvalue weighted by atomic mass is 10.1. The molecule has 7 heteroatoms. The first-order chi connectivity index (χ1) is 14.0. The van der Waals surface area contributed by atoms with Crippen molar-refractivity contribution in [2.45, 2.75) is 26.9 Å². The maximum absolute atomic E-state index is 12.5. The van der Waals surface area contributed by atoms with Crippen molar-refractivity contribution in [2.75, 3.05) is 0 Å². The van der Waals surface area contributed by atoms with Crippen molar-refractivity contribution in [3.63, 3.8) is 0 Å². The zero-order valence-corrected chi connectivity index (χ0v) is 16.3. The molecule has 4 aromatic rings. The number of aromatic nitrogens is 4. The van der Waals surface area contributed by atoms with Crippen molar-refractivity contribution in [2.24, 2.45) is 0 Å². The standard InChI is InChI=1S/C22H21N5O2/c1-14-11-15(2)24-22(29)18(14)12-23-21(28)17-9-7-16(8-10-17)13-27-20-6-4-3-5-19(20)25-26-27/h3-11H,12-13H2,1-2H3,(H,23,28)(H,24,29). The number of carbonyl (C=O) groups is 1. The van der Waals surface area contributed by atoms with Crippen molar-refractivity contribution in [1.82, 2.24) is 25.3 Å². The second-order valence-corrected chi connectivity index (χ2v) is 7.06. The van der Waals surface area contributed by atoms with Gasteiger partial charge in [0.1, 0.15) is 5.52 Å². The number of nitrogens with one attached hydrogen (secondary N) is 2. The molecule has 2 heterocycles. The molecular formula is C22H21N5O2. The summed E-state index contributed by atoms with van der Waals surface area (Å²) in [5, 5.41) is 11.2.